The molecule has 1 aromatic carbocycles. The number of fused-ring (bicyclic) bond motifs is 1. The second kappa shape index (κ2) is 5.44. The Hall–Kier alpha value is -1.96. The lowest BCUT2D eigenvalue weighted by Gasteiger charge is -2.30. The van der Waals surface area contributed by atoms with Crippen LogP contribution in [0.5, 0.6) is 0 Å². The van der Waals surface area contributed by atoms with Crippen LogP contribution in [0.4, 0.5) is 0 Å². The molecule has 0 fully saturated rings. The molecule has 0 bridgehead atoms. The number of aromatic nitrogens is 2. The van der Waals surface area contributed by atoms with Gasteiger partial charge in [-0.1, -0.05) is 51.1 Å². The van der Waals surface area contributed by atoms with Crippen molar-refractivity contribution >= 4 is 11.6 Å². The maximum atomic E-state index is 4.56. The third kappa shape index (κ3) is 3.05. The summed E-state index contributed by atoms with van der Waals surface area (Å²) < 4.78 is 0. The minimum Gasteiger partial charge on any atom is -0.257 e. The van der Waals surface area contributed by atoms with Gasteiger partial charge in [-0.3, -0.25) is 9.97 Å². The fourth-order valence-corrected chi connectivity index (χ4v) is 2.92. The molecule has 1 atom stereocenters. The van der Waals surface area contributed by atoms with Gasteiger partial charge in [0.1, 0.15) is 0 Å². The number of hydrogen-bond donors (Lipinski definition) is 0. The Labute approximate surface area is 127 Å². The molecule has 1 aromatic heterocycles. The van der Waals surface area contributed by atoms with E-state index in [1.807, 2.05) is 0 Å². The lowest BCUT2D eigenvalue weighted by atomic mass is 9.75. The number of rotatable bonds is 1. The smallest absolute Gasteiger partial charge is 0.0848 e. The van der Waals surface area contributed by atoms with E-state index in [1.54, 1.807) is 12.4 Å². The largest absolute Gasteiger partial charge is 0.257 e. The lowest BCUT2D eigenvalue weighted by molar-refractivity contribution is 0.242. The first-order chi connectivity index (χ1) is 10.0. The van der Waals surface area contributed by atoms with Gasteiger partial charge >= 0.3 is 0 Å². The van der Waals surface area contributed by atoms with Gasteiger partial charge in [0.05, 0.1) is 11.4 Å². The van der Waals surface area contributed by atoms with E-state index in [0.717, 1.165) is 24.2 Å². The molecule has 21 heavy (non-hydrogen) atoms. The number of nitrogens with zero attached hydrogens (tertiary/aromatic N) is 2. The van der Waals surface area contributed by atoms with Crippen LogP contribution in [0.3, 0.4) is 0 Å². The van der Waals surface area contributed by atoms with Crippen molar-refractivity contribution in [2.24, 2.45) is 11.3 Å². The number of hydrogen-bond acceptors (Lipinski definition) is 2. The van der Waals surface area contributed by atoms with Gasteiger partial charge in [-0.05, 0) is 41.4 Å². The van der Waals surface area contributed by atoms with Crippen LogP contribution in [0.25, 0.3) is 11.6 Å². The lowest BCUT2D eigenvalue weighted by Crippen LogP contribution is -2.23. The fourth-order valence-electron chi connectivity index (χ4n) is 2.92. The zero-order valence-corrected chi connectivity index (χ0v) is 13.0. The maximum absolute atomic E-state index is 4.56. The van der Waals surface area contributed by atoms with E-state index >= 15 is 0 Å². The molecule has 2 nitrogen and oxygen atoms in total. The summed E-state index contributed by atoms with van der Waals surface area (Å²) in [5.74, 6) is 0.571. The molecular formula is C19H22N2. The molecule has 0 saturated heterocycles. The molecule has 1 unspecified atom stereocenters. The highest BCUT2D eigenvalue weighted by atomic mass is 14.8. The first-order valence-electron chi connectivity index (χ1n) is 7.60. The summed E-state index contributed by atoms with van der Waals surface area (Å²) in [5, 5.41) is 0. The topological polar surface area (TPSA) is 25.8 Å². The van der Waals surface area contributed by atoms with Crippen LogP contribution in [-0.2, 0) is 6.42 Å². The van der Waals surface area contributed by atoms with Crippen molar-refractivity contribution in [2.45, 2.75) is 33.6 Å². The third-order valence-corrected chi connectivity index (χ3v) is 4.39. The normalized spacial score (nSPS) is 18.6. The monoisotopic (exact) mass is 278 g/mol. The third-order valence-electron chi connectivity index (χ3n) is 4.39. The molecule has 0 saturated carbocycles. The van der Waals surface area contributed by atoms with Crippen molar-refractivity contribution in [3.05, 3.63) is 59.7 Å². The molecule has 2 aromatic rings. The average Bonchev–Trinajstić information content (AvgIpc) is 2.67. The van der Waals surface area contributed by atoms with E-state index in [-0.39, 0.29) is 5.41 Å². The minimum absolute atomic E-state index is 0.257. The number of benzene rings is 1. The van der Waals surface area contributed by atoms with E-state index in [9.17, 15) is 0 Å². The Morgan fingerprint density at radius 1 is 0.952 bits per heavy atom. The van der Waals surface area contributed by atoms with Crippen LogP contribution in [0.15, 0.2) is 42.7 Å². The predicted molar refractivity (Wildman–Crippen MR) is 87.6 cm³/mol. The van der Waals surface area contributed by atoms with Crippen molar-refractivity contribution in [1.82, 2.24) is 9.97 Å². The summed E-state index contributed by atoms with van der Waals surface area (Å²) in [5.41, 5.74) is 5.08. The molecule has 1 heterocycles. The molecule has 2 heteroatoms. The van der Waals surface area contributed by atoms with Crippen molar-refractivity contribution in [2.75, 3.05) is 0 Å². The van der Waals surface area contributed by atoms with E-state index in [0.29, 0.717) is 5.92 Å². The Kier molecular flexibility index (Phi) is 3.62. The summed E-state index contributed by atoms with van der Waals surface area (Å²) in [7, 11) is 0. The van der Waals surface area contributed by atoms with Gasteiger partial charge in [0.2, 0.25) is 0 Å². The SMILES string of the molecule is CC(C)(C)C1CC(c2ccccc2)=Cc2nccnc2C1. The van der Waals surface area contributed by atoms with Gasteiger partial charge in [0.25, 0.3) is 0 Å². The van der Waals surface area contributed by atoms with Crippen molar-refractivity contribution in [1.29, 1.82) is 0 Å². The highest BCUT2D eigenvalue weighted by Gasteiger charge is 2.29. The zero-order chi connectivity index (χ0) is 14.9. The molecular weight excluding hydrogens is 256 g/mol. The minimum atomic E-state index is 0.257. The molecule has 0 spiro atoms. The van der Waals surface area contributed by atoms with Crippen molar-refractivity contribution in [3.8, 4) is 0 Å². The predicted octanol–water partition coefficient (Wildman–Crippen LogP) is 4.63. The molecule has 0 radical (unpaired) electrons. The molecule has 0 aliphatic heterocycles. The van der Waals surface area contributed by atoms with E-state index < -0.39 is 0 Å². The van der Waals surface area contributed by atoms with Gasteiger partial charge in [-0.15, -0.1) is 0 Å². The highest BCUT2D eigenvalue weighted by Crippen LogP contribution is 2.39. The first kappa shape index (κ1) is 14.0. The average molecular weight is 278 g/mol. The molecule has 0 N–H and O–H groups in total. The van der Waals surface area contributed by atoms with Gasteiger partial charge in [-0.2, -0.15) is 0 Å². The van der Waals surface area contributed by atoms with Crippen molar-refractivity contribution < 1.29 is 0 Å². The van der Waals surface area contributed by atoms with Gasteiger partial charge in [-0.25, -0.2) is 0 Å². The van der Waals surface area contributed by atoms with Crippen LogP contribution >= 0.6 is 0 Å². The highest BCUT2D eigenvalue weighted by molar-refractivity contribution is 5.81. The summed E-state index contributed by atoms with van der Waals surface area (Å²) in [4.78, 5) is 9.10. The quantitative estimate of drug-likeness (QED) is 0.760. The summed E-state index contributed by atoms with van der Waals surface area (Å²) in [6.45, 7) is 6.96. The van der Waals surface area contributed by atoms with Crippen LogP contribution in [0, 0.1) is 11.3 Å². The van der Waals surface area contributed by atoms with E-state index in [2.05, 4.69) is 67.1 Å². The van der Waals surface area contributed by atoms with E-state index in [4.69, 9.17) is 0 Å². The Morgan fingerprint density at radius 3 is 2.38 bits per heavy atom. The fraction of sp³-hybridized carbons (Fsp3) is 0.368. The summed E-state index contributed by atoms with van der Waals surface area (Å²) in [6.07, 6.45) is 7.89. The van der Waals surface area contributed by atoms with Gasteiger partial charge in [0, 0.05) is 12.4 Å². The summed E-state index contributed by atoms with van der Waals surface area (Å²) in [6, 6.07) is 10.6. The first-order valence-corrected chi connectivity index (χ1v) is 7.60. The van der Waals surface area contributed by atoms with Crippen LogP contribution in [-0.4, -0.2) is 9.97 Å². The maximum Gasteiger partial charge on any atom is 0.0848 e. The molecule has 3 rings (SSSR count). The zero-order valence-electron chi connectivity index (χ0n) is 13.0. The summed E-state index contributed by atoms with van der Waals surface area (Å²) >= 11 is 0. The van der Waals surface area contributed by atoms with E-state index in [1.165, 1.54) is 11.1 Å². The Bertz CT molecular complexity index is 651. The Balaban J connectivity index is 2.08. The molecule has 108 valence electrons. The molecule has 0 amide bonds. The van der Waals surface area contributed by atoms with Crippen LogP contribution in [0.2, 0.25) is 0 Å². The van der Waals surface area contributed by atoms with Crippen LogP contribution < -0.4 is 0 Å². The second-order valence-electron chi connectivity index (χ2n) is 6.90. The second-order valence-corrected chi connectivity index (χ2v) is 6.90. The van der Waals surface area contributed by atoms with Crippen LogP contribution in [0.1, 0.15) is 44.1 Å². The Morgan fingerprint density at radius 2 is 1.67 bits per heavy atom. The molecule has 1 aliphatic carbocycles. The standard InChI is InChI=1S/C19H22N2/c1-19(2,3)16-11-15(14-7-5-4-6-8-14)12-17-18(13-16)21-10-9-20-17/h4-10,12,16H,11,13H2,1-3H3. The van der Waals surface area contributed by atoms with Gasteiger partial charge in [0.15, 0.2) is 0 Å². The number of allylic oxidation sites excluding steroid dienone is 1. The van der Waals surface area contributed by atoms with Gasteiger partial charge < -0.3 is 0 Å². The molecule has 1 aliphatic rings. The van der Waals surface area contributed by atoms with Crippen molar-refractivity contribution in [3.63, 3.8) is 0 Å².